The summed E-state index contributed by atoms with van der Waals surface area (Å²) in [5.41, 5.74) is 3.05. The summed E-state index contributed by atoms with van der Waals surface area (Å²) < 4.78 is 7.09. The minimum Gasteiger partial charge on any atom is -0.352 e. The van der Waals surface area contributed by atoms with Crippen LogP contribution in [-0.2, 0) is 11.3 Å². The van der Waals surface area contributed by atoms with Crippen LogP contribution in [0.1, 0.15) is 31.5 Å². The number of nitrogens with one attached hydrogen (secondary N) is 1. The Kier molecular flexibility index (Phi) is 5.85. The number of amides is 1. The average Bonchev–Trinajstić information content (AvgIpc) is 3.26. The van der Waals surface area contributed by atoms with Crippen molar-refractivity contribution in [2.45, 2.75) is 46.7 Å². The third kappa shape index (κ3) is 4.30. The zero-order chi connectivity index (χ0) is 22.8. The standard InChI is InChI=1S/C24H25N5O3/c1-5-15(3)25-20(30)13-29-12-19(21(31)18-11-8-16(4)26-23(18)29)24-27-22(28-32-24)17-9-6-14(2)7-10-17/h6-12,15H,5,13H2,1-4H3,(H,25,30)/t15-/m0/s1. The van der Waals surface area contributed by atoms with Gasteiger partial charge in [-0.25, -0.2) is 4.98 Å². The molecule has 8 heteroatoms. The van der Waals surface area contributed by atoms with Crippen LogP contribution < -0.4 is 10.7 Å². The maximum atomic E-state index is 13.2. The molecule has 0 bridgehead atoms. The molecular weight excluding hydrogens is 406 g/mol. The van der Waals surface area contributed by atoms with E-state index in [9.17, 15) is 9.59 Å². The molecule has 0 aliphatic carbocycles. The minimum atomic E-state index is -0.273. The minimum absolute atomic E-state index is 0.0174. The third-order valence-corrected chi connectivity index (χ3v) is 5.36. The second-order valence-electron chi connectivity index (χ2n) is 7.99. The number of carbonyl (C=O) groups excluding carboxylic acids is 1. The van der Waals surface area contributed by atoms with Gasteiger partial charge in [0.2, 0.25) is 17.2 Å². The van der Waals surface area contributed by atoms with E-state index in [1.54, 1.807) is 22.9 Å². The lowest BCUT2D eigenvalue weighted by molar-refractivity contribution is -0.122. The molecule has 0 aliphatic rings. The fourth-order valence-electron chi connectivity index (χ4n) is 3.36. The molecule has 0 saturated heterocycles. The molecule has 1 N–H and O–H groups in total. The van der Waals surface area contributed by atoms with Gasteiger partial charge >= 0.3 is 0 Å². The number of fused-ring (bicyclic) bond motifs is 1. The maximum absolute atomic E-state index is 13.2. The average molecular weight is 431 g/mol. The van der Waals surface area contributed by atoms with Crippen molar-refractivity contribution in [3.8, 4) is 22.8 Å². The topological polar surface area (TPSA) is 103 Å². The first kappa shape index (κ1) is 21.4. The highest BCUT2D eigenvalue weighted by Crippen LogP contribution is 2.22. The van der Waals surface area contributed by atoms with Gasteiger partial charge in [0.1, 0.15) is 17.8 Å². The monoisotopic (exact) mass is 431 g/mol. The van der Waals surface area contributed by atoms with Gasteiger partial charge in [-0.3, -0.25) is 9.59 Å². The normalized spacial score (nSPS) is 12.1. The summed E-state index contributed by atoms with van der Waals surface area (Å²) in [4.78, 5) is 34.7. The van der Waals surface area contributed by atoms with Crippen molar-refractivity contribution in [1.29, 1.82) is 0 Å². The molecule has 0 saturated carbocycles. The van der Waals surface area contributed by atoms with E-state index in [4.69, 9.17) is 4.52 Å². The van der Waals surface area contributed by atoms with E-state index in [1.807, 2.05) is 52.0 Å². The molecule has 0 aliphatic heterocycles. The van der Waals surface area contributed by atoms with Crippen molar-refractivity contribution in [2.75, 3.05) is 0 Å². The molecule has 4 rings (SSSR count). The fourth-order valence-corrected chi connectivity index (χ4v) is 3.36. The van der Waals surface area contributed by atoms with Gasteiger partial charge in [-0.1, -0.05) is 41.9 Å². The number of hydrogen-bond acceptors (Lipinski definition) is 6. The first-order valence-corrected chi connectivity index (χ1v) is 10.6. The highest BCUT2D eigenvalue weighted by molar-refractivity contribution is 5.83. The fraction of sp³-hybridized carbons (Fsp3) is 0.292. The lowest BCUT2D eigenvalue weighted by atomic mass is 10.1. The van der Waals surface area contributed by atoms with Crippen LogP contribution in [0, 0.1) is 13.8 Å². The van der Waals surface area contributed by atoms with Crippen LogP contribution in [0.25, 0.3) is 33.9 Å². The second kappa shape index (κ2) is 8.74. The smallest absolute Gasteiger partial charge is 0.263 e. The predicted octanol–water partition coefficient (Wildman–Crippen LogP) is 3.65. The highest BCUT2D eigenvalue weighted by atomic mass is 16.5. The van der Waals surface area contributed by atoms with Crippen molar-refractivity contribution in [2.24, 2.45) is 0 Å². The molecular formula is C24H25N5O3. The molecule has 1 amide bonds. The number of rotatable bonds is 6. The molecule has 4 aromatic rings. The van der Waals surface area contributed by atoms with E-state index in [0.29, 0.717) is 16.9 Å². The molecule has 0 radical (unpaired) electrons. The molecule has 8 nitrogen and oxygen atoms in total. The van der Waals surface area contributed by atoms with E-state index < -0.39 is 0 Å². The van der Waals surface area contributed by atoms with Gasteiger partial charge in [-0.05, 0) is 39.3 Å². The summed E-state index contributed by atoms with van der Waals surface area (Å²) in [5, 5.41) is 7.37. The molecule has 0 unspecified atom stereocenters. The second-order valence-corrected chi connectivity index (χ2v) is 7.99. The quantitative estimate of drug-likeness (QED) is 0.500. The van der Waals surface area contributed by atoms with E-state index in [0.717, 1.165) is 23.2 Å². The molecule has 164 valence electrons. The summed E-state index contributed by atoms with van der Waals surface area (Å²) in [7, 11) is 0. The first-order chi connectivity index (χ1) is 15.4. The van der Waals surface area contributed by atoms with Gasteiger partial charge in [-0.2, -0.15) is 4.98 Å². The summed E-state index contributed by atoms with van der Waals surface area (Å²) in [6.45, 7) is 7.80. The Bertz CT molecular complexity index is 1340. The molecule has 0 fully saturated rings. The zero-order valence-corrected chi connectivity index (χ0v) is 18.5. The van der Waals surface area contributed by atoms with Crippen molar-refractivity contribution in [3.05, 3.63) is 64.1 Å². The number of carbonyl (C=O) groups is 1. The molecule has 1 atom stereocenters. The van der Waals surface area contributed by atoms with Crippen LogP contribution in [-0.4, -0.2) is 31.6 Å². The maximum Gasteiger partial charge on any atom is 0.263 e. The Hall–Kier alpha value is -3.81. The number of aryl methyl sites for hydroxylation is 2. The van der Waals surface area contributed by atoms with E-state index in [2.05, 4.69) is 20.4 Å². The predicted molar refractivity (Wildman–Crippen MR) is 122 cm³/mol. The van der Waals surface area contributed by atoms with Gasteiger partial charge < -0.3 is 14.4 Å². The summed E-state index contributed by atoms with van der Waals surface area (Å²) >= 11 is 0. The van der Waals surface area contributed by atoms with Crippen LogP contribution >= 0.6 is 0 Å². The van der Waals surface area contributed by atoms with Gasteiger partial charge in [-0.15, -0.1) is 0 Å². The van der Waals surface area contributed by atoms with Crippen LogP contribution in [0.2, 0.25) is 0 Å². The number of hydrogen-bond donors (Lipinski definition) is 1. The van der Waals surface area contributed by atoms with E-state index in [-0.39, 0.29) is 35.4 Å². The zero-order valence-electron chi connectivity index (χ0n) is 18.5. The highest BCUT2D eigenvalue weighted by Gasteiger charge is 2.19. The lowest BCUT2D eigenvalue weighted by Crippen LogP contribution is -2.35. The van der Waals surface area contributed by atoms with Crippen LogP contribution in [0.15, 0.2) is 51.9 Å². The number of aromatic nitrogens is 4. The van der Waals surface area contributed by atoms with Crippen LogP contribution in [0.3, 0.4) is 0 Å². The Labute approximate surface area is 185 Å². The van der Waals surface area contributed by atoms with E-state index >= 15 is 0 Å². The molecule has 3 heterocycles. The third-order valence-electron chi connectivity index (χ3n) is 5.36. The summed E-state index contributed by atoms with van der Waals surface area (Å²) in [6, 6.07) is 11.2. The lowest BCUT2D eigenvalue weighted by Gasteiger charge is -2.15. The number of pyridine rings is 2. The Balaban J connectivity index is 1.79. The van der Waals surface area contributed by atoms with Gasteiger partial charge in [0.05, 0.1) is 5.39 Å². The number of nitrogens with zero attached hydrogens (tertiary/aromatic N) is 4. The van der Waals surface area contributed by atoms with Gasteiger partial charge in [0.15, 0.2) is 0 Å². The SMILES string of the molecule is CC[C@H](C)NC(=O)Cn1cc(-c2nc(-c3ccc(C)cc3)no2)c(=O)c2ccc(C)nc21. The summed E-state index contributed by atoms with van der Waals surface area (Å²) in [6.07, 6.45) is 2.39. The van der Waals surface area contributed by atoms with Crippen molar-refractivity contribution in [3.63, 3.8) is 0 Å². The Morgan fingerprint density at radius 3 is 2.59 bits per heavy atom. The Morgan fingerprint density at radius 2 is 1.88 bits per heavy atom. The van der Waals surface area contributed by atoms with Gasteiger partial charge in [0, 0.05) is 23.5 Å². The summed E-state index contributed by atoms with van der Waals surface area (Å²) in [5.74, 6) is 0.330. The van der Waals surface area contributed by atoms with Gasteiger partial charge in [0.25, 0.3) is 5.89 Å². The number of benzene rings is 1. The van der Waals surface area contributed by atoms with Crippen LogP contribution in [0.4, 0.5) is 0 Å². The van der Waals surface area contributed by atoms with E-state index in [1.165, 1.54) is 0 Å². The molecule has 0 spiro atoms. The molecule has 1 aromatic carbocycles. The molecule has 32 heavy (non-hydrogen) atoms. The van der Waals surface area contributed by atoms with Crippen LogP contribution in [0.5, 0.6) is 0 Å². The van der Waals surface area contributed by atoms with Crippen molar-refractivity contribution in [1.82, 2.24) is 25.0 Å². The van der Waals surface area contributed by atoms with Crippen molar-refractivity contribution >= 4 is 16.9 Å². The molecule has 3 aromatic heterocycles. The largest absolute Gasteiger partial charge is 0.352 e. The first-order valence-electron chi connectivity index (χ1n) is 10.6. The van der Waals surface area contributed by atoms with Crippen molar-refractivity contribution < 1.29 is 9.32 Å². The Morgan fingerprint density at radius 1 is 1.12 bits per heavy atom.